The summed E-state index contributed by atoms with van der Waals surface area (Å²) in [6.45, 7) is 0. The van der Waals surface area contributed by atoms with Gasteiger partial charge in [0.25, 0.3) is 0 Å². The minimum atomic E-state index is -1.24. The van der Waals surface area contributed by atoms with Crippen molar-refractivity contribution in [2.75, 3.05) is 0 Å². The largest absolute Gasteiger partial charge is 0.345 e. The number of nitrogens with one attached hydrogen (secondary N) is 1. The molecule has 2 aliphatic heterocycles. The number of nitrogens with zero attached hydrogens (tertiary/aromatic N) is 2. The van der Waals surface area contributed by atoms with Gasteiger partial charge in [-0.3, -0.25) is 0 Å². The van der Waals surface area contributed by atoms with Gasteiger partial charge in [-0.25, -0.2) is 9.18 Å². The molecule has 108 valence electrons. The van der Waals surface area contributed by atoms with Crippen LogP contribution in [-0.4, -0.2) is 21.6 Å². The van der Waals surface area contributed by atoms with E-state index in [0.717, 1.165) is 0 Å². The summed E-state index contributed by atoms with van der Waals surface area (Å²) in [5.41, 5.74) is -0.689. The maximum Gasteiger partial charge on any atom is 0.345 e. The molecule has 0 radical (unpaired) electrons. The first-order valence-electron chi connectivity index (χ1n) is 6.13. The van der Waals surface area contributed by atoms with Crippen LogP contribution in [0.5, 0.6) is 0 Å². The standard InChI is InChI=1S/C14H10Cl2FN3O/c15-12(16)14(9-4-6-10(17)7-5-9)19-13(21)18-11-3-1-2-8-20(11)14/h1-8,12H,(H,19,21). The van der Waals surface area contributed by atoms with Crippen LogP contribution in [0.3, 0.4) is 0 Å². The number of allylic oxidation sites excluding steroid dienone is 2. The zero-order valence-corrected chi connectivity index (χ0v) is 12.1. The number of amides is 2. The molecule has 7 heteroatoms. The molecular formula is C14H10Cl2FN3O. The lowest BCUT2D eigenvalue weighted by molar-refractivity contribution is 0.174. The summed E-state index contributed by atoms with van der Waals surface area (Å²) in [6.07, 6.45) is 6.90. The number of urea groups is 1. The van der Waals surface area contributed by atoms with Crippen LogP contribution in [0.15, 0.2) is 53.7 Å². The summed E-state index contributed by atoms with van der Waals surface area (Å²) in [7, 11) is 0. The molecule has 1 unspecified atom stereocenters. The van der Waals surface area contributed by atoms with Crippen LogP contribution in [0.4, 0.5) is 9.18 Å². The molecule has 0 saturated carbocycles. The molecule has 1 aromatic rings. The van der Waals surface area contributed by atoms with Crippen molar-refractivity contribution >= 4 is 35.1 Å². The van der Waals surface area contributed by atoms with Crippen molar-refractivity contribution in [3.05, 3.63) is 60.1 Å². The van der Waals surface area contributed by atoms with Crippen LogP contribution in [-0.2, 0) is 5.66 Å². The van der Waals surface area contributed by atoms with Gasteiger partial charge >= 0.3 is 6.03 Å². The van der Waals surface area contributed by atoms with Crippen molar-refractivity contribution in [3.8, 4) is 0 Å². The van der Waals surface area contributed by atoms with E-state index in [1.165, 1.54) is 24.3 Å². The molecule has 0 spiro atoms. The highest BCUT2D eigenvalue weighted by Gasteiger charge is 2.49. The molecule has 0 fully saturated rings. The smallest absolute Gasteiger partial charge is 0.307 e. The van der Waals surface area contributed by atoms with Crippen molar-refractivity contribution < 1.29 is 9.18 Å². The minimum Gasteiger partial charge on any atom is -0.307 e. The maximum absolute atomic E-state index is 13.2. The number of hydrogen-bond donors (Lipinski definition) is 1. The van der Waals surface area contributed by atoms with Gasteiger partial charge in [0.2, 0.25) is 0 Å². The van der Waals surface area contributed by atoms with Crippen LogP contribution in [0.2, 0.25) is 0 Å². The number of benzene rings is 1. The van der Waals surface area contributed by atoms with Gasteiger partial charge < -0.3 is 10.2 Å². The summed E-state index contributed by atoms with van der Waals surface area (Å²) in [6, 6.07) is 5.07. The molecule has 21 heavy (non-hydrogen) atoms. The second kappa shape index (κ2) is 5.16. The van der Waals surface area contributed by atoms with Gasteiger partial charge in [0.05, 0.1) is 0 Å². The van der Waals surface area contributed by atoms with Crippen molar-refractivity contribution in [3.63, 3.8) is 0 Å². The molecule has 0 aliphatic carbocycles. The monoisotopic (exact) mass is 325 g/mol. The highest BCUT2D eigenvalue weighted by Crippen LogP contribution is 2.38. The number of hydrogen-bond acceptors (Lipinski definition) is 2. The van der Waals surface area contributed by atoms with Gasteiger partial charge in [-0.1, -0.05) is 18.2 Å². The first kappa shape index (κ1) is 14.1. The summed E-state index contributed by atoms with van der Waals surface area (Å²) < 4.78 is 13.2. The van der Waals surface area contributed by atoms with Gasteiger partial charge in [0.15, 0.2) is 10.5 Å². The molecule has 1 aromatic carbocycles. The molecule has 4 nitrogen and oxygen atoms in total. The van der Waals surface area contributed by atoms with Crippen LogP contribution >= 0.6 is 23.2 Å². The third kappa shape index (κ3) is 2.22. The van der Waals surface area contributed by atoms with Gasteiger partial charge in [-0.2, -0.15) is 4.99 Å². The first-order chi connectivity index (χ1) is 10.0. The second-order valence-corrected chi connectivity index (χ2v) is 5.64. The lowest BCUT2D eigenvalue weighted by Gasteiger charge is -2.47. The Labute approximate surface area is 130 Å². The minimum absolute atomic E-state index is 0.389. The van der Waals surface area contributed by atoms with E-state index in [1.54, 1.807) is 29.3 Å². The quantitative estimate of drug-likeness (QED) is 0.848. The van der Waals surface area contributed by atoms with Crippen LogP contribution in [0.25, 0.3) is 0 Å². The lowest BCUT2D eigenvalue weighted by atomic mass is 9.97. The molecule has 2 heterocycles. The Bertz CT molecular complexity index is 669. The molecule has 1 N–H and O–H groups in total. The molecule has 2 aliphatic rings. The van der Waals surface area contributed by atoms with E-state index in [1.807, 2.05) is 0 Å². The van der Waals surface area contributed by atoms with E-state index in [0.29, 0.717) is 11.4 Å². The number of halogens is 3. The fraction of sp³-hybridized carbons (Fsp3) is 0.143. The molecule has 1 atom stereocenters. The Morgan fingerprint density at radius 1 is 1.24 bits per heavy atom. The Kier molecular flexibility index (Phi) is 3.47. The first-order valence-corrected chi connectivity index (χ1v) is 7.00. The summed E-state index contributed by atoms with van der Waals surface area (Å²) in [5.74, 6) is 0.0246. The van der Waals surface area contributed by atoms with E-state index in [4.69, 9.17) is 23.2 Å². The summed E-state index contributed by atoms with van der Waals surface area (Å²) in [4.78, 5) is 16.4. The highest BCUT2D eigenvalue weighted by atomic mass is 35.5. The number of alkyl halides is 2. The van der Waals surface area contributed by atoms with Gasteiger partial charge in [-0.05, 0) is 24.3 Å². The fourth-order valence-electron chi connectivity index (χ4n) is 2.38. The number of rotatable bonds is 2. The highest BCUT2D eigenvalue weighted by molar-refractivity contribution is 6.45. The molecule has 3 rings (SSSR count). The van der Waals surface area contributed by atoms with Gasteiger partial charge in [0.1, 0.15) is 11.7 Å². The SMILES string of the molecule is O=C1N=C2C=CC=CN2C(c2ccc(F)cc2)(C(Cl)Cl)N1. The molecule has 0 aromatic heterocycles. The summed E-state index contributed by atoms with van der Waals surface area (Å²) >= 11 is 12.4. The maximum atomic E-state index is 13.2. The number of carbonyl (C=O) groups excluding carboxylic acids is 1. The number of carbonyl (C=O) groups is 1. The van der Waals surface area contributed by atoms with Gasteiger partial charge in [-0.15, -0.1) is 23.2 Å². The number of aliphatic imine (C=N–C) groups is 1. The predicted octanol–water partition coefficient (Wildman–Crippen LogP) is 3.29. The van der Waals surface area contributed by atoms with E-state index >= 15 is 0 Å². The van der Waals surface area contributed by atoms with Crippen molar-refractivity contribution in [1.82, 2.24) is 10.2 Å². The molecule has 0 bridgehead atoms. The second-order valence-electron chi connectivity index (χ2n) is 4.54. The Morgan fingerprint density at radius 2 is 1.95 bits per heavy atom. The topological polar surface area (TPSA) is 44.7 Å². The third-order valence-electron chi connectivity index (χ3n) is 3.33. The lowest BCUT2D eigenvalue weighted by Crippen LogP contribution is -2.64. The Morgan fingerprint density at radius 3 is 2.62 bits per heavy atom. The third-order valence-corrected chi connectivity index (χ3v) is 3.96. The fourth-order valence-corrected chi connectivity index (χ4v) is 2.95. The summed E-state index contributed by atoms with van der Waals surface area (Å²) in [5, 5.41) is 2.69. The Hall–Kier alpha value is -1.85. The zero-order valence-electron chi connectivity index (χ0n) is 10.6. The molecule has 2 amide bonds. The van der Waals surface area contributed by atoms with Crippen LogP contribution in [0, 0.1) is 5.82 Å². The average molecular weight is 326 g/mol. The van der Waals surface area contributed by atoms with Crippen LogP contribution < -0.4 is 5.32 Å². The Balaban J connectivity index is 2.19. The van der Waals surface area contributed by atoms with E-state index < -0.39 is 16.5 Å². The van der Waals surface area contributed by atoms with E-state index in [2.05, 4.69) is 10.3 Å². The number of amidine groups is 1. The average Bonchev–Trinajstić information content (AvgIpc) is 2.46. The van der Waals surface area contributed by atoms with E-state index in [9.17, 15) is 9.18 Å². The zero-order chi connectivity index (χ0) is 15.0. The van der Waals surface area contributed by atoms with Crippen LogP contribution in [0.1, 0.15) is 5.56 Å². The normalized spacial score (nSPS) is 23.9. The predicted molar refractivity (Wildman–Crippen MR) is 79.7 cm³/mol. The number of fused-ring (bicyclic) bond motifs is 1. The molecule has 0 saturated heterocycles. The van der Waals surface area contributed by atoms with Crippen molar-refractivity contribution in [2.24, 2.45) is 4.99 Å². The van der Waals surface area contributed by atoms with Gasteiger partial charge in [0, 0.05) is 11.8 Å². The van der Waals surface area contributed by atoms with E-state index in [-0.39, 0.29) is 5.82 Å². The molecular weight excluding hydrogens is 316 g/mol. The van der Waals surface area contributed by atoms with Crippen molar-refractivity contribution in [2.45, 2.75) is 10.5 Å². The van der Waals surface area contributed by atoms with Crippen molar-refractivity contribution in [1.29, 1.82) is 0 Å².